The molecule has 0 aliphatic heterocycles. The molecule has 104 valence electrons. The van der Waals surface area contributed by atoms with Crippen LogP contribution in [0.15, 0.2) is 47.4 Å². The third-order valence-corrected chi connectivity index (χ3v) is 2.39. The van der Waals surface area contributed by atoms with Crippen LogP contribution >= 0.6 is 15.9 Å². The molecule has 4 nitrogen and oxygen atoms in total. The van der Waals surface area contributed by atoms with Crippen LogP contribution in [0.3, 0.4) is 0 Å². The molecule has 0 radical (unpaired) electrons. The number of nitrogens with two attached hydrogens (primary N) is 1. The molecule has 0 bridgehead atoms. The van der Waals surface area contributed by atoms with E-state index in [1.807, 2.05) is 19.9 Å². The van der Waals surface area contributed by atoms with Gasteiger partial charge in [0.05, 0.1) is 19.0 Å². The lowest BCUT2D eigenvalue weighted by Gasteiger charge is -2.04. The third kappa shape index (κ3) is 6.76. The first-order valence-electron chi connectivity index (χ1n) is 5.88. The number of nitrogens with zero attached hydrogens (tertiary/aromatic N) is 2. The zero-order valence-corrected chi connectivity index (χ0v) is 13.2. The number of rotatable bonds is 5. The molecule has 1 aromatic rings. The highest BCUT2D eigenvalue weighted by Crippen LogP contribution is 2.14. The minimum absolute atomic E-state index is 0.410. The second-order valence-electron chi connectivity index (χ2n) is 3.36. The fourth-order valence-electron chi connectivity index (χ4n) is 1.10. The average Bonchev–Trinajstić information content (AvgIpc) is 2.42. The molecule has 5 heteroatoms. The van der Waals surface area contributed by atoms with E-state index in [1.54, 1.807) is 19.4 Å². The second kappa shape index (κ2) is 9.33. The van der Waals surface area contributed by atoms with Crippen molar-refractivity contribution in [1.29, 1.82) is 0 Å². The Labute approximate surface area is 123 Å². The molecule has 0 unspecified atom stereocenters. The molecule has 2 N–H and O–H groups in total. The molecule has 0 saturated heterocycles. The van der Waals surface area contributed by atoms with Gasteiger partial charge in [-0.1, -0.05) is 33.1 Å². The molecule has 1 rings (SSSR count). The van der Waals surface area contributed by atoms with Crippen molar-refractivity contribution in [3.05, 3.63) is 53.1 Å². The number of allylic oxidation sites excluding steroid dienone is 3. The summed E-state index contributed by atoms with van der Waals surface area (Å²) in [6.45, 7) is 11.6. The van der Waals surface area contributed by atoms with Gasteiger partial charge in [0.2, 0.25) is 0 Å². The maximum Gasteiger partial charge on any atom is 0.145 e. The summed E-state index contributed by atoms with van der Waals surface area (Å²) in [5.41, 5.74) is 7.26. The van der Waals surface area contributed by atoms with Crippen molar-refractivity contribution >= 4 is 21.7 Å². The van der Waals surface area contributed by atoms with Crippen molar-refractivity contribution in [2.75, 3.05) is 12.8 Å². The third-order valence-electron chi connectivity index (χ3n) is 2.01. The second-order valence-corrected chi connectivity index (χ2v) is 4.18. The molecule has 19 heavy (non-hydrogen) atoms. The molecule has 0 saturated carbocycles. The van der Waals surface area contributed by atoms with E-state index < -0.39 is 0 Å². The Kier molecular flexibility index (Phi) is 8.53. The molecule has 0 atom stereocenters. The molecule has 0 aromatic carbocycles. The Hall–Kier alpha value is -1.62. The lowest BCUT2D eigenvalue weighted by atomic mass is 10.1. The van der Waals surface area contributed by atoms with Crippen molar-refractivity contribution in [3.8, 4) is 0 Å². The summed E-state index contributed by atoms with van der Waals surface area (Å²) in [5, 5.41) is 0. The summed E-state index contributed by atoms with van der Waals surface area (Å²) >= 11 is 3.25. The van der Waals surface area contributed by atoms with Gasteiger partial charge in [0.25, 0.3) is 0 Å². The van der Waals surface area contributed by atoms with Gasteiger partial charge in [-0.2, -0.15) is 0 Å². The quantitative estimate of drug-likeness (QED) is 0.662. The van der Waals surface area contributed by atoms with Gasteiger partial charge in [0, 0.05) is 6.42 Å². The highest BCUT2D eigenvalue weighted by molar-refractivity contribution is 9.10. The summed E-state index contributed by atoms with van der Waals surface area (Å²) in [7, 11) is 1.56. The first-order chi connectivity index (χ1) is 9.02. The molecule has 0 fully saturated rings. The van der Waals surface area contributed by atoms with E-state index in [0.717, 1.165) is 5.57 Å². The average molecular weight is 326 g/mol. The maximum absolute atomic E-state index is 5.72. The number of ether oxygens (including phenoxy) is 1. The van der Waals surface area contributed by atoms with E-state index in [2.05, 4.69) is 39.1 Å². The van der Waals surface area contributed by atoms with E-state index in [-0.39, 0.29) is 0 Å². The summed E-state index contributed by atoms with van der Waals surface area (Å²) in [6.07, 6.45) is 5.65. The molecule has 0 amide bonds. The summed E-state index contributed by atoms with van der Waals surface area (Å²) in [4.78, 5) is 8.24. The first kappa shape index (κ1) is 17.4. The van der Waals surface area contributed by atoms with Crippen molar-refractivity contribution in [1.82, 2.24) is 9.97 Å². The molecule has 0 aliphatic rings. The Balaban J connectivity index is 0.00000154. The van der Waals surface area contributed by atoms with Crippen LogP contribution < -0.4 is 5.73 Å². The van der Waals surface area contributed by atoms with Gasteiger partial charge in [0.15, 0.2) is 0 Å². The smallest absolute Gasteiger partial charge is 0.145 e. The first-order valence-corrected chi connectivity index (χ1v) is 6.68. The Morgan fingerprint density at radius 3 is 2.63 bits per heavy atom. The number of halogens is 1. The molecule has 1 aromatic heterocycles. The standard InChI is InChI=1S/C12H14BrN3O.C2H6/c1-8(4-5-9(2)17-3)6-10-12(14)15-7-11(13)16-10;1-2/h4-5,7H,1-2,6H2,3H3,(H2,14,15);1-2H3/b5-4-;. The highest BCUT2D eigenvalue weighted by atomic mass is 79.9. The maximum atomic E-state index is 5.72. The fourth-order valence-corrected chi connectivity index (χ4v) is 1.41. The summed E-state index contributed by atoms with van der Waals surface area (Å²) < 4.78 is 5.56. The number of anilines is 1. The van der Waals surface area contributed by atoms with E-state index in [0.29, 0.717) is 28.3 Å². The van der Waals surface area contributed by atoms with Gasteiger partial charge in [-0.3, -0.25) is 0 Å². The molecule has 1 heterocycles. The monoisotopic (exact) mass is 325 g/mol. The normalized spacial score (nSPS) is 9.68. The van der Waals surface area contributed by atoms with Crippen LogP contribution in [0.5, 0.6) is 0 Å². The van der Waals surface area contributed by atoms with Gasteiger partial charge in [0.1, 0.15) is 16.2 Å². The van der Waals surface area contributed by atoms with E-state index in [9.17, 15) is 0 Å². The molecular formula is C14H20BrN3O. The van der Waals surface area contributed by atoms with E-state index in [4.69, 9.17) is 10.5 Å². The van der Waals surface area contributed by atoms with Gasteiger partial charge in [-0.15, -0.1) is 0 Å². The Morgan fingerprint density at radius 1 is 1.42 bits per heavy atom. The van der Waals surface area contributed by atoms with Gasteiger partial charge < -0.3 is 10.5 Å². The molecule has 0 spiro atoms. The molecule has 0 aliphatic carbocycles. The highest BCUT2D eigenvalue weighted by Gasteiger charge is 2.04. The fraction of sp³-hybridized carbons (Fsp3) is 0.286. The van der Waals surface area contributed by atoms with E-state index >= 15 is 0 Å². The zero-order chi connectivity index (χ0) is 14.8. The van der Waals surface area contributed by atoms with Crippen LogP contribution in [0.2, 0.25) is 0 Å². The van der Waals surface area contributed by atoms with Crippen LogP contribution in [0, 0.1) is 0 Å². The van der Waals surface area contributed by atoms with Crippen LogP contribution in [-0.2, 0) is 11.2 Å². The topological polar surface area (TPSA) is 61.0 Å². The van der Waals surface area contributed by atoms with Crippen LogP contribution in [0.4, 0.5) is 5.82 Å². The lowest BCUT2D eigenvalue weighted by molar-refractivity contribution is 0.309. The number of nitrogen functional groups attached to an aromatic ring is 1. The van der Waals surface area contributed by atoms with Crippen LogP contribution in [0.1, 0.15) is 19.5 Å². The van der Waals surface area contributed by atoms with Crippen LogP contribution in [-0.4, -0.2) is 17.1 Å². The summed E-state index contributed by atoms with van der Waals surface area (Å²) in [6, 6.07) is 0. The largest absolute Gasteiger partial charge is 0.497 e. The summed E-state index contributed by atoms with van der Waals surface area (Å²) in [5.74, 6) is 0.979. The van der Waals surface area contributed by atoms with E-state index in [1.165, 1.54) is 0 Å². The molecular weight excluding hydrogens is 306 g/mol. The minimum atomic E-state index is 0.410. The number of hydrogen-bond donors (Lipinski definition) is 1. The Morgan fingerprint density at radius 2 is 2.05 bits per heavy atom. The predicted molar refractivity (Wildman–Crippen MR) is 83.6 cm³/mol. The Bertz CT molecular complexity index is 470. The van der Waals surface area contributed by atoms with Crippen molar-refractivity contribution < 1.29 is 4.74 Å². The van der Waals surface area contributed by atoms with Crippen LogP contribution in [0.25, 0.3) is 0 Å². The SMILES string of the molecule is C=C(/C=C\C(=C)OC)Cc1nc(Br)cnc1N.CC. The van der Waals surface area contributed by atoms with Gasteiger partial charge >= 0.3 is 0 Å². The van der Waals surface area contributed by atoms with Crippen molar-refractivity contribution in [3.63, 3.8) is 0 Å². The number of hydrogen-bond acceptors (Lipinski definition) is 4. The number of aromatic nitrogens is 2. The lowest BCUT2D eigenvalue weighted by Crippen LogP contribution is -2.02. The predicted octanol–water partition coefficient (Wildman–Crippen LogP) is 3.66. The number of methoxy groups -OCH3 is 1. The van der Waals surface area contributed by atoms with Crippen molar-refractivity contribution in [2.24, 2.45) is 0 Å². The zero-order valence-electron chi connectivity index (χ0n) is 11.6. The minimum Gasteiger partial charge on any atom is -0.497 e. The van der Waals surface area contributed by atoms with Crippen molar-refractivity contribution in [2.45, 2.75) is 20.3 Å². The van der Waals surface area contributed by atoms with Gasteiger partial charge in [-0.25, -0.2) is 9.97 Å². The van der Waals surface area contributed by atoms with Gasteiger partial charge in [-0.05, 0) is 27.6 Å².